The molecule has 0 aromatic heterocycles. The third kappa shape index (κ3) is 3.81. The first-order chi connectivity index (χ1) is 13.7. The Balaban J connectivity index is 2.29. The molecule has 154 valence electrons. The average molecular weight is 398 g/mol. The summed E-state index contributed by atoms with van der Waals surface area (Å²) in [4.78, 5) is 37.4. The molecular weight excluding hydrogens is 372 g/mol. The monoisotopic (exact) mass is 398 g/mol. The lowest BCUT2D eigenvalue weighted by Crippen LogP contribution is -2.39. The van der Waals surface area contributed by atoms with E-state index in [0.29, 0.717) is 36.1 Å². The van der Waals surface area contributed by atoms with Crippen molar-refractivity contribution in [2.75, 3.05) is 6.61 Å². The predicted octanol–water partition coefficient (Wildman–Crippen LogP) is 4.15. The van der Waals surface area contributed by atoms with Gasteiger partial charge < -0.3 is 10.1 Å². The summed E-state index contributed by atoms with van der Waals surface area (Å²) in [6.45, 7) is 7.83. The van der Waals surface area contributed by atoms with E-state index >= 15 is 0 Å². The maximum Gasteiger partial charge on any atom is 0.336 e. The molecular formula is C22H26N2O5. The topological polar surface area (TPSA) is 98.5 Å². The number of allylic oxidation sites excluding steroid dienone is 3. The van der Waals surface area contributed by atoms with Gasteiger partial charge in [-0.2, -0.15) is 0 Å². The van der Waals surface area contributed by atoms with Crippen LogP contribution in [0.15, 0.2) is 46.8 Å². The highest BCUT2D eigenvalue weighted by molar-refractivity contribution is 6.04. The molecule has 7 nitrogen and oxygen atoms in total. The Bertz CT molecular complexity index is 942. The van der Waals surface area contributed by atoms with Gasteiger partial charge in [-0.05, 0) is 25.2 Å². The minimum Gasteiger partial charge on any atom is -0.463 e. The van der Waals surface area contributed by atoms with E-state index in [0.717, 1.165) is 5.70 Å². The van der Waals surface area contributed by atoms with E-state index in [1.54, 1.807) is 25.1 Å². The van der Waals surface area contributed by atoms with Crippen molar-refractivity contribution in [1.29, 1.82) is 0 Å². The molecule has 1 aliphatic heterocycles. The Hall–Kier alpha value is -2.96. The number of carbonyl (C=O) groups is 2. The summed E-state index contributed by atoms with van der Waals surface area (Å²) >= 11 is 0. The third-order valence-corrected chi connectivity index (χ3v) is 5.42. The van der Waals surface area contributed by atoms with Crippen LogP contribution < -0.4 is 5.32 Å². The normalized spacial score (nSPS) is 20.8. The lowest BCUT2D eigenvalue weighted by atomic mass is 9.68. The summed E-state index contributed by atoms with van der Waals surface area (Å²) in [7, 11) is 0. The number of rotatable bonds is 5. The predicted molar refractivity (Wildman–Crippen MR) is 108 cm³/mol. The minimum absolute atomic E-state index is 0.0937. The van der Waals surface area contributed by atoms with Crippen LogP contribution in [-0.4, -0.2) is 23.3 Å². The minimum atomic E-state index is -0.814. The van der Waals surface area contributed by atoms with Crippen molar-refractivity contribution in [3.63, 3.8) is 0 Å². The van der Waals surface area contributed by atoms with E-state index in [-0.39, 0.29) is 29.1 Å². The van der Waals surface area contributed by atoms with Crippen LogP contribution in [0.25, 0.3) is 0 Å². The van der Waals surface area contributed by atoms with E-state index in [2.05, 4.69) is 5.32 Å². The van der Waals surface area contributed by atoms with Gasteiger partial charge in [-0.25, -0.2) is 4.79 Å². The first-order valence-electron chi connectivity index (χ1n) is 9.87. The average Bonchev–Trinajstić information content (AvgIpc) is 2.65. The van der Waals surface area contributed by atoms with E-state index in [1.165, 1.54) is 6.07 Å². The zero-order chi connectivity index (χ0) is 21.3. The lowest BCUT2D eigenvalue weighted by molar-refractivity contribution is -0.385. The highest BCUT2D eigenvalue weighted by atomic mass is 16.6. The fraction of sp³-hybridized carbons (Fsp3) is 0.455. The van der Waals surface area contributed by atoms with Crippen molar-refractivity contribution >= 4 is 17.4 Å². The number of ether oxygens (including phenoxy) is 1. The second-order valence-corrected chi connectivity index (χ2v) is 8.17. The maximum atomic E-state index is 13.2. The Kier molecular flexibility index (Phi) is 5.59. The van der Waals surface area contributed by atoms with Gasteiger partial charge in [0.1, 0.15) is 0 Å². The van der Waals surface area contributed by atoms with Crippen molar-refractivity contribution in [3.8, 4) is 0 Å². The maximum absolute atomic E-state index is 13.2. The number of ketones is 1. The summed E-state index contributed by atoms with van der Waals surface area (Å²) in [5.41, 5.74) is 2.13. The summed E-state index contributed by atoms with van der Waals surface area (Å²) in [5.74, 6) is -1.46. The number of benzene rings is 1. The number of nitro benzene ring substituents is 1. The highest BCUT2D eigenvalue weighted by Crippen LogP contribution is 2.48. The summed E-state index contributed by atoms with van der Waals surface area (Å²) in [5, 5.41) is 15.0. The van der Waals surface area contributed by atoms with Gasteiger partial charge in [0.2, 0.25) is 0 Å². The van der Waals surface area contributed by atoms with Crippen molar-refractivity contribution in [2.45, 2.75) is 52.9 Å². The molecule has 0 fully saturated rings. The molecule has 1 aromatic rings. The summed E-state index contributed by atoms with van der Waals surface area (Å²) in [6, 6.07) is 6.30. The number of para-hydroxylation sites is 1. The summed E-state index contributed by atoms with van der Waals surface area (Å²) in [6.07, 6.45) is 1.46. The largest absolute Gasteiger partial charge is 0.463 e. The van der Waals surface area contributed by atoms with Gasteiger partial charge in [0, 0.05) is 35.0 Å². The smallest absolute Gasteiger partial charge is 0.336 e. The van der Waals surface area contributed by atoms with Crippen LogP contribution in [0.2, 0.25) is 0 Å². The van der Waals surface area contributed by atoms with Crippen LogP contribution in [0.1, 0.15) is 58.4 Å². The molecule has 2 aliphatic rings. The van der Waals surface area contributed by atoms with Gasteiger partial charge in [0.25, 0.3) is 5.69 Å². The van der Waals surface area contributed by atoms with Crippen molar-refractivity contribution < 1.29 is 19.2 Å². The molecule has 1 N–H and O–H groups in total. The van der Waals surface area contributed by atoms with E-state index in [9.17, 15) is 19.7 Å². The molecule has 1 aromatic carbocycles. The quantitative estimate of drug-likeness (QED) is 0.454. The number of Topliss-reactive ketones (excluding diaryl/α,β-unsaturated/α-hetero) is 1. The molecule has 3 rings (SSSR count). The molecule has 0 saturated carbocycles. The fourth-order valence-electron chi connectivity index (χ4n) is 4.29. The number of nitrogens with one attached hydrogen (secondary N) is 1. The van der Waals surface area contributed by atoms with Crippen LogP contribution in [0, 0.1) is 15.5 Å². The Morgan fingerprint density at radius 1 is 1.28 bits per heavy atom. The van der Waals surface area contributed by atoms with Gasteiger partial charge in [0.05, 0.1) is 23.0 Å². The van der Waals surface area contributed by atoms with Crippen LogP contribution in [0.5, 0.6) is 0 Å². The molecule has 7 heteroatoms. The number of dihydropyridines is 1. The van der Waals surface area contributed by atoms with Gasteiger partial charge >= 0.3 is 5.97 Å². The van der Waals surface area contributed by atoms with Crippen molar-refractivity contribution in [3.05, 3.63) is 62.5 Å². The molecule has 0 saturated heterocycles. The molecule has 1 unspecified atom stereocenters. The van der Waals surface area contributed by atoms with Crippen LogP contribution >= 0.6 is 0 Å². The number of hydrogen-bond donors (Lipinski definition) is 1. The third-order valence-electron chi connectivity index (χ3n) is 5.42. The molecule has 29 heavy (non-hydrogen) atoms. The van der Waals surface area contributed by atoms with Gasteiger partial charge in [-0.1, -0.05) is 39.0 Å². The van der Waals surface area contributed by atoms with Crippen molar-refractivity contribution in [2.24, 2.45) is 5.41 Å². The number of carbonyl (C=O) groups excluding carboxylic acids is 2. The van der Waals surface area contributed by atoms with Crippen LogP contribution in [-0.2, 0) is 14.3 Å². The van der Waals surface area contributed by atoms with E-state index in [1.807, 2.05) is 20.8 Å². The van der Waals surface area contributed by atoms with E-state index in [4.69, 9.17) is 4.74 Å². The first kappa shape index (κ1) is 20.8. The van der Waals surface area contributed by atoms with Gasteiger partial charge in [-0.3, -0.25) is 14.9 Å². The van der Waals surface area contributed by atoms with Crippen LogP contribution in [0.4, 0.5) is 5.69 Å². The zero-order valence-corrected chi connectivity index (χ0v) is 17.2. The van der Waals surface area contributed by atoms with Gasteiger partial charge in [-0.15, -0.1) is 0 Å². The first-order valence-corrected chi connectivity index (χ1v) is 9.87. The second kappa shape index (κ2) is 7.81. The Morgan fingerprint density at radius 2 is 1.97 bits per heavy atom. The number of nitrogens with zero attached hydrogens (tertiary/aromatic N) is 1. The number of nitro groups is 1. The second-order valence-electron chi connectivity index (χ2n) is 8.17. The number of esters is 1. The Labute approximate surface area is 170 Å². The fourth-order valence-corrected chi connectivity index (χ4v) is 4.29. The van der Waals surface area contributed by atoms with Crippen LogP contribution in [0.3, 0.4) is 0 Å². The standard InChI is InChI=1S/C22H26N2O5/c1-5-14-20(21(26)29-6-2)18(13-9-7-8-10-16(13)24(27)28)19-15(23-14)11-22(3,4)12-17(19)25/h7-10,18,23H,5-6,11-12H2,1-4H3. The molecule has 0 bridgehead atoms. The summed E-state index contributed by atoms with van der Waals surface area (Å²) < 4.78 is 5.28. The molecule has 1 heterocycles. The molecule has 0 spiro atoms. The van der Waals surface area contributed by atoms with Crippen molar-refractivity contribution in [1.82, 2.24) is 5.32 Å². The number of hydrogen-bond acceptors (Lipinski definition) is 6. The molecule has 0 amide bonds. The molecule has 1 aliphatic carbocycles. The zero-order valence-electron chi connectivity index (χ0n) is 17.2. The lowest BCUT2D eigenvalue weighted by Gasteiger charge is -2.39. The Morgan fingerprint density at radius 3 is 2.59 bits per heavy atom. The van der Waals surface area contributed by atoms with Gasteiger partial charge in [0.15, 0.2) is 5.78 Å². The highest BCUT2D eigenvalue weighted by Gasteiger charge is 2.45. The molecule has 1 atom stereocenters. The SMILES string of the molecule is CCOC(=O)C1=C(CC)NC2=C(C(=O)CC(C)(C)C2)C1c1ccccc1[N+](=O)[O-]. The van der Waals surface area contributed by atoms with E-state index < -0.39 is 16.8 Å². The molecule has 0 radical (unpaired) electrons.